The molecule has 0 saturated heterocycles. The van der Waals surface area contributed by atoms with Crippen molar-refractivity contribution in [1.29, 1.82) is 0 Å². The van der Waals surface area contributed by atoms with Crippen molar-refractivity contribution in [3.63, 3.8) is 0 Å². The fraction of sp³-hybridized carbons (Fsp3) is 0.294. The van der Waals surface area contributed by atoms with Gasteiger partial charge >= 0.3 is 0 Å². The molecule has 1 aliphatic rings. The predicted molar refractivity (Wildman–Crippen MR) is 98.2 cm³/mol. The summed E-state index contributed by atoms with van der Waals surface area (Å²) < 4.78 is 25.5. The monoisotopic (exact) mass is 397 g/mol. The number of rotatable bonds is 1. The zero-order valence-corrected chi connectivity index (χ0v) is 16.2. The van der Waals surface area contributed by atoms with Gasteiger partial charge in [-0.2, -0.15) is 0 Å². The maximum Gasteiger partial charge on any atom is 0.229 e. The fourth-order valence-corrected chi connectivity index (χ4v) is 5.22. The number of anilines is 1. The highest BCUT2D eigenvalue weighted by Gasteiger charge is 2.33. The SMILES string of the molecule is CC(C)(C)C(=O)Nc1cc2c(cc1Cl)C(=O)c1sccc1CS2(=O)=O. The first-order valence-electron chi connectivity index (χ1n) is 7.49. The van der Waals surface area contributed by atoms with Crippen LogP contribution in [-0.4, -0.2) is 20.1 Å². The standard InChI is InChI=1S/C17H16ClNO4S2/c1-17(2,3)16(21)19-12-7-13-10(6-11(12)18)14(20)15-9(4-5-24-15)8-25(13,22)23/h4-7H,8H2,1-3H3,(H,19,21). The van der Waals surface area contributed by atoms with Gasteiger partial charge in [-0.1, -0.05) is 32.4 Å². The van der Waals surface area contributed by atoms with Crippen LogP contribution in [0, 0.1) is 5.41 Å². The van der Waals surface area contributed by atoms with Crippen LogP contribution >= 0.6 is 22.9 Å². The number of nitrogens with one attached hydrogen (secondary N) is 1. The van der Waals surface area contributed by atoms with Gasteiger partial charge in [-0.3, -0.25) is 9.59 Å². The Labute approximate surface area is 154 Å². The van der Waals surface area contributed by atoms with Crippen LogP contribution in [-0.2, 0) is 20.4 Å². The molecule has 0 saturated carbocycles. The van der Waals surface area contributed by atoms with Crippen LogP contribution in [0.1, 0.15) is 41.6 Å². The lowest BCUT2D eigenvalue weighted by Crippen LogP contribution is -2.28. The number of benzene rings is 1. The maximum absolute atomic E-state index is 12.7. The minimum Gasteiger partial charge on any atom is -0.324 e. The summed E-state index contributed by atoms with van der Waals surface area (Å²) in [6, 6.07) is 4.25. The van der Waals surface area contributed by atoms with E-state index >= 15 is 0 Å². The Bertz CT molecular complexity index is 1000. The number of carbonyl (C=O) groups is 2. The van der Waals surface area contributed by atoms with Crippen molar-refractivity contribution in [2.24, 2.45) is 5.41 Å². The van der Waals surface area contributed by atoms with Crippen molar-refractivity contribution >= 4 is 50.2 Å². The minimum atomic E-state index is -3.73. The van der Waals surface area contributed by atoms with E-state index in [0.717, 1.165) is 0 Å². The summed E-state index contributed by atoms with van der Waals surface area (Å²) in [5, 5.41) is 4.47. The van der Waals surface area contributed by atoms with Crippen LogP contribution < -0.4 is 5.32 Å². The smallest absolute Gasteiger partial charge is 0.229 e. The van der Waals surface area contributed by atoms with Gasteiger partial charge in [-0.15, -0.1) is 11.3 Å². The van der Waals surface area contributed by atoms with Crippen LogP contribution in [0.2, 0.25) is 5.02 Å². The summed E-state index contributed by atoms with van der Waals surface area (Å²) in [6.45, 7) is 5.20. The molecule has 1 aromatic carbocycles. The number of fused-ring (bicyclic) bond motifs is 2. The molecule has 132 valence electrons. The number of amides is 1. The molecule has 1 aliphatic heterocycles. The summed E-state index contributed by atoms with van der Waals surface area (Å²) in [7, 11) is -3.73. The van der Waals surface area contributed by atoms with Crippen LogP contribution in [0.25, 0.3) is 0 Å². The lowest BCUT2D eigenvalue weighted by molar-refractivity contribution is -0.123. The summed E-state index contributed by atoms with van der Waals surface area (Å²) >= 11 is 7.42. The Hall–Kier alpha value is -1.70. The van der Waals surface area contributed by atoms with Gasteiger partial charge in [0, 0.05) is 11.0 Å². The third-order valence-corrected chi connectivity index (χ3v) is 6.84. The first kappa shape index (κ1) is 18.1. The molecule has 3 rings (SSSR count). The summed E-state index contributed by atoms with van der Waals surface area (Å²) in [5.41, 5.74) is 0.0409. The Morgan fingerprint density at radius 2 is 1.96 bits per heavy atom. The van der Waals surface area contributed by atoms with Crippen LogP contribution in [0.15, 0.2) is 28.5 Å². The molecular weight excluding hydrogens is 382 g/mol. The highest BCUT2D eigenvalue weighted by Crippen LogP contribution is 2.37. The van der Waals surface area contributed by atoms with Crippen molar-refractivity contribution in [2.75, 3.05) is 5.32 Å². The number of carbonyl (C=O) groups excluding carboxylic acids is 2. The molecule has 8 heteroatoms. The second-order valence-electron chi connectivity index (χ2n) is 6.90. The zero-order chi connectivity index (χ0) is 18.6. The van der Waals surface area contributed by atoms with Gasteiger partial charge in [-0.25, -0.2) is 8.42 Å². The fourth-order valence-electron chi connectivity index (χ4n) is 2.45. The van der Waals surface area contributed by atoms with Gasteiger partial charge < -0.3 is 5.32 Å². The van der Waals surface area contributed by atoms with E-state index in [1.807, 2.05) is 0 Å². The molecule has 0 unspecified atom stereocenters. The molecule has 0 fully saturated rings. The average molecular weight is 398 g/mol. The first-order chi connectivity index (χ1) is 11.5. The van der Waals surface area contributed by atoms with E-state index in [0.29, 0.717) is 10.4 Å². The number of hydrogen-bond donors (Lipinski definition) is 1. The van der Waals surface area contributed by atoms with Crippen LogP contribution in [0.4, 0.5) is 5.69 Å². The van der Waals surface area contributed by atoms with Crippen LogP contribution in [0.5, 0.6) is 0 Å². The lowest BCUT2D eigenvalue weighted by Gasteiger charge is -2.19. The Balaban J connectivity index is 2.16. The van der Waals surface area contributed by atoms with E-state index in [1.54, 1.807) is 32.2 Å². The van der Waals surface area contributed by atoms with E-state index in [2.05, 4.69) is 5.32 Å². The Kier molecular flexibility index (Phi) is 4.29. The van der Waals surface area contributed by atoms with E-state index in [9.17, 15) is 18.0 Å². The molecule has 0 bridgehead atoms. The third kappa shape index (κ3) is 3.23. The lowest BCUT2D eigenvalue weighted by atomic mass is 9.95. The van der Waals surface area contributed by atoms with Crippen molar-refractivity contribution < 1.29 is 18.0 Å². The van der Waals surface area contributed by atoms with Crippen LogP contribution in [0.3, 0.4) is 0 Å². The zero-order valence-electron chi connectivity index (χ0n) is 13.8. The van der Waals surface area contributed by atoms with Crippen molar-refractivity contribution in [3.8, 4) is 0 Å². The predicted octanol–water partition coefficient (Wildman–Crippen LogP) is 3.90. The van der Waals surface area contributed by atoms with Gasteiger partial charge in [0.25, 0.3) is 0 Å². The molecule has 1 aromatic heterocycles. The topological polar surface area (TPSA) is 80.3 Å². The van der Waals surface area contributed by atoms with Gasteiger partial charge in [0.05, 0.1) is 26.2 Å². The summed E-state index contributed by atoms with van der Waals surface area (Å²) in [6.07, 6.45) is 0. The molecular formula is C17H16ClNO4S2. The summed E-state index contributed by atoms with van der Waals surface area (Å²) in [5.74, 6) is -0.916. The van der Waals surface area contributed by atoms with E-state index < -0.39 is 15.3 Å². The average Bonchev–Trinajstić information content (AvgIpc) is 2.91. The molecule has 0 radical (unpaired) electrons. The second kappa shape index (κ2) is 5.93. The first-order valence-corrected chi connectivity index (χ1v) is 10.4. The molecule has 0 spiro atoms. The molecule has 2 heterocycles. The minimum absolute atomic E-state index is 0.0416. The van der Waals surface area contributed by atoms with Gasteiger partial charge in [-0.05, 0) is 29.1 Å². The van der Waals surface area contributed by atoms with E-state index in [4.69, 9.17) is 11.6 Å². The number of halogens is 1. The Morgan fingerprint density at radius 3 is 2.60 bits per heavy atom. The molecule has 25 heavy (non-hydrogen) atoms. The van der Waals surface area contributed by atoms with Gasteiger partial charge in [0.1, 0.15) is 0 Å². The Morgan fingerprint density at radius 1 is 1.28 bits per heavy atom. The van der Waals surface area contributed by atoms with Crippen molar-refractivity contribution in [3.05, 3.63) is 44.6 Å². The number of thiophene rings is 1. The number of hydrogen-bond acceptors (Lipinski definition) is 5. The third-order valence-electron chi connectivity index (χ3n) is 3.88. The van der Waals surface area contributed by atoms with E-state index in [1.165, 1.54) is 23.5 Å². The highest BCUT2D eigenvalue weighted by atomic mass is 35.5. The second-order valence-corrected chi connectivity index (χ2v) is 10.2. The molecule has 0 atom stereocenters. The van der Waals surface area contributed by atoms with E-state index in [-0.39, 0.29) is 38.6 Å². The molecule has 5 nitrogen and oxygen atoms in total. The number of ketones is 1. The van der Waals surface area contributed by atoms with Crippen molar-refractivity contribution in [2.45, 2.75) is 31.4 Å². The normalized spacial score (nSPS) is 15.9. The quantitative estimate of drug-likeness (QED) is 0.791. The maximum atomic E-state index is 12.7. The molecule has 1 amide bonds. The number of sulfone groups is 1. The van der Waals surface area contributed by atoms with Crippen molar-refractivity contribution in [1.82, 2.24) is 0 Å². The molecule has 2 aromatic rings. The largest absolute Gasteiger partial charge is 0.324 e. The molecule has 1 N–H and O–H groups in total. The molecule has 0 aliphatic carbocycles. The van der Waals surface area contributed by atoms with Gasteiger partial charge in [0.15, 0.2) is 9.84 Å². The summed E-state index contributed by atoms with van der Waals surface area (Å²) in [4.78, 5) is 25.2. The van der Waals surface area contributed by atoms with Gasteiger partial charge in [0.2, 0.25) is 11.7 Å². The highest BCUT2D eigenvalue weighted by molar-refractivity contribution is 7.90.